The van der Waals surface area contributed by atoms with E-state index >= 15 is 0 Å². The predicted molar refractivity (Wildman–Crippen MR) is 72.4 cm³/mol. The molecule has 0 amide bonds. The smallest absolute Gasteiger partial charge is 0.125 e. The Bertz CT molecular complexity index is 376. The number of aromatic nitrogens is 1. The summed E-state index contributed by atoms with van der Waals surface area (Å²) in [5, 5.41) is 3.10. The average Bonchev–Trinajstić information content (AvgIpc) is 2.38. The summed E-state index contributed by atoms with van der Waals surface area (Å²) in [5.74, 6) is 0.963. The zero-order chi connectivity index (χ0) is 12.3. The molecule has 3 heteroatoms. The molecule has 0 bridgehead atoms. The van der Waals surface area contributed by atoms with Crippen LogP contribution in [0.25, 0.3) is 0 Å². The lowest BCUT2D eigenvalue weighted by Gasteiger charge is -2.35. The minimum atomic E-state index is 0.576. The zero-order valence-corrected chi connectivity index (χ0v) is 11.2. The summed E-state index contributed by atoms with van der Waals surface area (Å²) in [6.07, 6.45) is 3.95. The van der Waals surface area contributed by atoms with Gasteiger partial charge in [0.05, 0.1) is 0 Å². The summed E-state index contributed by atoms with van der Waals surface area (Å²) < 4.78 is 0. The van der Waals surface area contributed by atoms with Crippen LogP contribution in [0, 0.1) is 6.92 Å². The summed E-state index contributed by atoms with van der Waals surface area (Å²) in [6, 6.07) is 4.91. The van der Waals surface area contributed by atoms with E-state index in [2.05, 4.69) is 41.2 Å². The molecule has 1 aliphatic rings. The van der Waals surface area contributed by atoms with Crippen LogP contribution in [-0.4, -0.2) is 30.0 Å². The van der Waals surface area contributed by atoms with Gasteiger partial charge < -0.3 is 5.32 Å². The van der Waals surface area contributed by atoms with Crippen LogP contribution in [-0.2, 0) is 0 Å². The SMILES string of the molecule is CCN1CCCC[C@H]1c1ccc(NC)nc1C. The highest BCUT2D eigenvalue weighted by Crippen LogP contribution is 2.32. The van der Waals surface area contributed by atoms with Crippen LogP contribution in [0.3, 0.4) is 0 Å². The first kappa shape index (κ1) is 12.4. The number of nitrogens with zero attached hydrogens (tertiary/aromatic N) is 2. The molecule has 2 heterocycles. The van der Waals surface area contributed by atoms with Crippen molar-refractivity contribution in [2.45, 2.75) is 39.2 Å². The summed E-state index contributed by atoms with van der Waals surface area (Å²) in [7, 11) is 1.92. The first-order chi connectivity index (χ1) is 8.26. The third-order valence-electron chi connectivity index (χ3n) is 3.76. The van der Waals surface area contributed by atoms with Crippen molar-refractivity contribution in [3.8, 4) is 0 Å². The molecule has 1 aromatic rings. The molecule has 17 heavy (non-hydrogen) atoms. The lowest BCUT2D eigenvalue weighted by atomic mass is 9.94. The van der Waals surface area contributed by atoms with E-state index in [4.69, 9.17) is 0 Å². The molecule has 0 unspecified atom stereocenters. The lowest BCUT2D eigenvalue weighted by molar-refractivity contribution is 0.156. The first-order valence-corrected chi connectivity index (χ1v) is 6.65. The molecule has 1 saturated heterocycles. The van der Waals surface area contributed by atoms with E-state index in [1.807, 2.05) is 7.05 Å². The fraction of sp³-hybridized carbons (Fsp3) is 0.643. The van der Waals surface area contributed by atoms with Gasteiger partial charge in [0.15, 0.2) is 0 Å². The van der Waals surface area contributed by atoms with Gasteiger partial charge in [0.2, 0.25) is 0 Å². The summed E-state index contributed by atoms with van der Waals surface area (Å²) in [5.41, 5.74) is 2.58. The van der Waals surface area contributed by atoms with Crippen LogP contribution >= 0.6 is 0 Å². The highest BCUT2D eigenvalue weighted by Gasteiger charge is 2.24. The van der Waals surface area contributed by atoms with Crippen LogP contribution in [0.15, 0.2) is 12.1 Å². The number of hydrogen-bond acceptors (Lipinski definition) is 3. The van der Waals surface area contributed by atoms with Crippen molar-refractivity contribution in [2.75, 3.05) is 25.5 Å². The number of aryl methyl sites for hydroxylation is 1. The Hall–Kier alpha value is -1.09. The molecule has 0 aromatic carbocycles. The third-order valence-corrected chi connectivity index (χ3v) is 3.76. The molecule has 0 aliphatic carbocycles. The summed E-state index contributed by atoms with van der Waals surface area (Å²) in [4.78, 5) is 7.17. The van der Waals surface area contributed by atoms with Crippen LogP contribution in [0.4, 0.5) is 5.82 Å². The van der Waals surface area contributed by atoms with Crippen molar-refractivity contribution >= 4 is 5.82 Å². The molecule has 1 N–H and O–H groups in total. The molecule has 2 rings (SSSR count). The molecular weight excluding hydrogens is 210 g/mol. The van der Waals surface area contributed by atoms with Crippen molar-refractivity contribution in [2.24, 2.45) is 0 Å². The van der Waals surface area contributed by atoms with Crippen molar-refractivity contribution in [1.82, 2.24) is 9.88 Å². The maximum absolute atomic E-state index is 4.60. The molecule has 1 fully saturated rings. The monoisotopic (exact) mass is 233 g/mol. The number of anilines is 1. The summed E-state index contributed by atoms with van der Waals surface area (Å²) >= 11 is 0. The number of piperidine rings is 1. The Morgan fingerprint density at radius 1 is 1.41 bits per heavy atom. The van der Waals surface area contributed by atoms with Crippen LogP contribution in [0.1, 0.15) is 43.5 Å². The van der Waals surface area contributed by atoms with E-state index < -0.39 is 0 Å². The van der Waals surface area contributed by atoms with Crippen molar-refractivity contribution in [1.29, 1.82) is 0 Å². The molecule has 1 aliphatic heterocycles. The van der Waals surface area contributed by atoms with Gasteiger partial charge in [-0.25, -0.2) is 4.98 Å². The van der Waals surface area contributed by atoms with Gasteiger partial charge in [-0.15, -0.1) is 0 Å². The van der Waals surface area contributed by atoms with Crippen LogP contribution in [0.2, 0.25) is 0 Å². The van der Waals surface area contributed by atoms with Gasteiger partial charge in [-0.2, -0.15) is 0 Å². The minimum Gasteiger partial charge on any atom is -0.373 e. The first-order valence-electron chi connectivity index (χ1n) is 6.65. The Balaban J connectivity index is 2.25. The van der Waals surface area contributed by atoms with Crippen LogP contribution < -0.4 is 5.32 Å². The quantitative estimate of drug-likeness (QED) is 0.870. The second-order valence-electron chi connectivity index (χ2n) is 4.76. The predicted octanol–water partition coefficient (Wildman–Crippen LogP) is 2.98. The Morgan fingerprint density at radius 3 is 2.88 bits per heavy atom. The van der Waals surface area contributed by atoms with Crippen molar-refractivity contribution in [3.05, 3.63) is 23.4 Å². The normalized spacial score (nSPS) is 21.5. The van der Waals surface area contributed by atoms with E-state index in [0.29, 0.717) is 6.04 Å². The van der Waals surface area contributed by atoms with Gasteiger partial charge in [0, 0.05) is 18.8 Å². The Kier molecular flexibility index (Phi) is 4.00. The number of likely N-dealkylation sites (tertiary alicyclic amines) is 1. The van der Waals surface area contributed by atoms with Gasteiger partial charge in [-0.3, -0.25) is 4.90 Å². The van der Waals surface area contributed by atoms with Gasteiger partial charge in [0.25, 0.3) is 0 Å². The van der Waals surface area contributed by atoms with E-state index in [9.17, 15) is 0 Å². The van der Waals surface area contributed by atoms with E-state index in [-0.39, 0.29) is 0 Å². The molecule has 0 spiro atoms. The number of hydrogen-bond donors (Lipinski definition) is 1. The largest absolute Gasteiger partial charge is 0.373 e. The van der Waals surface area contributed by atoms with Gasteiger partial charge in [-0.1, -0.05) is 19.4 Å². The molecule has 3 nitrogen and oxygen atoms in total. The Morgan fingerprint density at radius 2 is 2.24 bits per heavy atom. The average molecular weight is 233 g/mol. The zero-order valence-electron chi connectivity index (χ0n) is 11.2. The highest BCUT2D eigenvalue weighted by molar-refractivity contribution is 5.39. The standard InChI is InChI=1S/C14H23N3/c1-4-17-10-6-5-7-13(17)12-8-9-14(15-3)16-11(12)2/h8-9,13H,4-7,10H2,1-3H3,(H,15,16)/t13-/m0/s1. The molecule has 0 saturated carbocycles. The fourth-order valence-electron chi connectivity index (χ4n) is 2.78. The second-order valence-corrected chi connectivity index (χ2v) is 4.76. The maximum atomic E-state index is 4.60. The van der Waals surface area contributed by atoms with Crippen molar-refractivity contribution < 1.29 is 0 Å². The second kappa shape index (κ2) is 5.50. The Labute approximate surface area is 104 Å². The molecular formula is C14H23N3. The van der Waals surface area contributed by atoms with E-state index in [1.165, 1.54) is 37.1 Å². The number of rotatable bonds is 3. The molecule has 0 radical (unpaired) electrons. The highest BCUT2D eigenvalue weighted by atomic mass is 15.2. The summed E-state index contributed by atoms with van der Waals surface area (Å²) in [6.45, 7) is 6.74. The van der Waals surface area contributed by atoms with E-state index in [1.54, 1.807) is 0 Å². The maximum Gasteiger partial charge on any atom is 0.125 e. The van der Waals surface area contributed by atoms with Crippen molar-refractivity contribution in [3.63, 3.8) is 0 Å². The van der Waals surface area contributed by atoms with Crippen LogP contribution in [0.5, 0.6) is 0 Å². The van der Waals surface area contributed by atoms with E-state index in [0.717, 1.165) is 12.4 Å². The number of pyridine rings is 1. The van der Waals surface area contributed by atoms with Gasteiger partial charge in [-0.05, 0) is 44.5 Å². The molecule has 1 atom stereocenters. The molecule has 94 valence electrons. The minimum absolute atomic E-state index is 0.576. The third kappa shape index (κ3) is 2.60. The number of nitrogens with one attached hydrogen (secondary N) is 1. The van der Waals surface area contributed by atoms with Gasteiger partial charge >= 0.3 is 0 Å². The molecule has 1 aromatic heterocycles. The lowest BCUT2D eigenvalue weighted by Crippen LogP contribution is -2.33. The topological polar surface area (TPSA) is 28.2 Å². The van der Waals surface area contributed by atoms with Gasteiger partial charge in [0.1, 0.15) is 5.82 Å². The fourth-order valence-corrected chi connectivity index (χ4v) is 2.78.